The van der Waals surface area contributed by atoms with Crippen molar-refractivity contribution in [3.63, 3.8) is 0 Å². The fraction of sp³-hybridized carbons (Fsp3) is 0.833. The van der Waals surface area contributed by atoms with Gasteiger partial charge in [0.2, 0.25) is 5.91 Å². The van der Waals surface area contributed by atoms with Crippen molar-refractivity contribution in [2.45, 2.75) is 19.9 Å². The molecule has 0 atom stereocenters. The molecule has 0 saturated carbocycles. The van der Waals surface area contributed by atoms with Crippen LogP contribution >= 0.6 is 0 Å². The van der Waals surface area contributed by atoms with Crippen molar-refractivity contribution in [2.24, 2.45) is 0 Å². The molecule has 0 unspecified atom stereocenters. The molecule has 3 N–H and O–H groups in total. The second kappa shape index (κ2) is 5.20. The molecular weight excluding hydrogens is 130 g/mol. The Morgan fingerprint density at radius 3 is 2.50 bits per heavy atom. The summed E-state index contributed by atoms with van der Waals surface area (Å²) in [5.41, 5.74) is 5.32. The van der Waals surface area contributed by atoms with Crippen LogP contribution < -0.4 is 16.2 Å². The average molecular weight is 145 g/mol. The number of hydrogen-bond donors (Lipinski definition) is 3. The highest BCUT2D eigenvalue weighted by atomic mass is 16.2. The highest BCUT2D eigenvalue weighted by Gasteiger charge is 1.97. The third-order valence-electron chi connectivity index (χ3n) is 0.838. The molecule has 0 radical (unpaired) electrons. The summed E-state index contributed by atoms with van der Waals surface area (Å²) >= 11 is 0. The highest BCUT2D eigenvalue weighted by molar-refractivity contribution is 5.77. The van der Waals surface area contributed by atoms with E-state index in [1.54, 1.807) is 7.05 Å². The van der Waals surface area contributed by atoms with Crippen LogP contribution in [0.2, 0.25) is 0 Å². The van der Waals surface area contributed by atoms with Gasteiger partial charge in [-0.3, -0.25) is 10.2 Å². The maximum atomic E-state index is 10.7. The maximum Gasteiger partial charge on any atom is 0.248 e. The van der Waals surface area contributed by atoms with E-state index in [9.17, 15) is 4.79 Å². The van der Waals surface area contributed by atoms with Crippen LogP contribution in [-0.2, 0) is 4.79 Å². The minimum absolute atomic E-state index is 0.0452. The smallest absolute Gasteiger partial charge is 0.248 e. The SMILES string of the molecule is CNCC(=O)NNC(C)C. The molecule has 0 fully saturated rings. The van der Waals surface area contributed by atoms with E-state index in [1.165, 1.54) is 0 Å². The Labute approximate surface area is 61.3 Å². The summed E-state index contributed by atoms with van der Waals surface area (Å²) in [5, 5.41) is 2.74. The maximum absolute atomic E-state index is 10.7. The first-order chi connectivity index (χ1) is 4.66. The molecular formula is C6H15N3O. The van der Waals surface area contributed by atoms with Crippen LogP contribution in [0, 0.1) is 0 Å². The first-order valence-corrected chi connectivity index (χ1v) is 3.35. The van der Waals surface area contributed by atoms with Gasteiger partial charge in [-0.25, -0.2) is 5.43 Å². The Kier molecular flexibility index (Phi) is 4.88. The number of hydrogen-bond acceptors (Lipinski definition) is 3. The first-order valence-electron chi connectivity index (χ1n) is 3.35. The monoisotopic (exact) mass is 145 g/mol. The van der Waals surface area contributed by atoms with Gasteiger partial charge in [-0.15, -0.1) is 0 Å². The molecule has 4 heteroatoms. The second-order valence-corrected chi connectivity index (χ2v) is 2.38. The summed E-state index contributed by atoms with van der Waals surface area (Å²) in [6.45, 7) is 4.26. The van der Waals surface area contributed by atoms with E-state index in [-0.39, 0.29) is 11.9 Å². The molecule has 0 spiro atoms. The molecule has 1 amide bonds. The van der Waals surface area contributed by atoms with Gasteiger partial charge in [-0.2, -0.15) is 0 Å². The predicted octanol–water partition coefficient (Wildman–Crippen LogP) is -0.765. The Morgan fingerprint density at radius 2 is 2.10 bits per heavy atom. The lowest BCUT2D eigenvalue weighted by Gasteiger charge is -2.08. The van der Waals surface area contributed by atoms with E-state index in [0.717, 1.165) is 0 Å². The quantitative estimate of drug-likeness (QED) is 0.456. The van der Waals surface area contributed by atoms with Gasteiger partial charge in [0.05, 0.1) is 6.54 Å². The summed E-state index contributed by atoms with van der Waals surface area (Å²) in [6.07, 6.45) is 0. The van der Waals surface area contributed by atoms with Crippen LogP contribution in [0.1, 0.15) is 13.8 Å². The zero-order valence-electron chi connectivity index (χ0n) is 6.69. The number of hydrazine groups is 1. The Hall–Kier alpha value is -0.610. The average Bonchev–Trinajstić information content (AvgIpc) is 1.85. The van der Waals surface area contributed by atoms with E-state index in [1.807, 2.05) is 13.8 Å². The summed E-state index contributed by atoms with van der Waals surface area (Å²) < 4.78 is 0. The fourth-order valence-electron chi connectivity index (χ4n) is 0.430. The zero-order chi connectivity index (χ0) is 7.98. The molecule has 0 rings (SSSR count). The van der Waals surface area contributed by atoms with Crippen LogP contribution in [0.3, 0.4) is 0 Å². The van der Waals surface area contributed by atoms with E-state index in [4.69, 9.17) is 0 Å². The molecule has 0 aliphatic heterocycles. The topological polar surface area (TPSA) is 53.2 Å². The standard InChI is InChI=1S/C6H15N3O/c1-5(2)8-9-6(10)4-7-3/h5,7-8H,4H2,1-3H3,(H,9,10). The normalized spacial score (nSPS) is 10.0. The van der Waals surface area contributed by atoms with Gasteiger partial charge < -0.3 is 5.32 Å². The van der Waals surface area contributed by atoms with Crippen LogP contribution in [0.15, 0.2) is 0 Å². The summed E-state index contributed by atoms with van der Waals surface area (Å²) in [6, 6.07) is 0.279. The van der Waals surface area contributed by atoms with E-state index < -0.39 is 0 Å². The zero-order valence-corrected chi connectivity index (χ0v) is 6.69. The molecule has 60 valence electrons. The lowest BCUT2D eigenvalue weighted by atomic mass is 10.4. The van der Waals surface area contributed by atoms with Crippen LogP contribution in [0.4, 0.5) is 0 Å². The molecule has 0 aliphatic carbocycles. The molecule has 0 aromatic carbocycles. The number of carbonyl (C=O) groups is 1. The van der Waals surface area contributed by atoms with Crippen molar-refractivity contribution >= 4 is 5.91 Å². The minimum atomic E-state index is -0.0452. The molecule has 0 aromatic rings. The fourth-order valence-corrected chi connectivity index (χ4v) is 0.430. The second-order valence-electron chi connectivity index (χ2n) is 2.38. The van der Waals surface area contributed by atoms with Gasteiger partial charge in [0, 0.05) is 6.04 Å². The van der Waals surface area contributed by atoms with Crippen LogP contribution in [-0.4, -0.2) is 25.5 Å². The Balaban J connectivity index is 3.22. The number of nitrogens with one attached hydrogen (secondary N) is 3. The van der Waals surface area contributed by atoms with Gasteiger partial charge in [0.15, 0.2) is 0 Å². The minimum Gasteiger partial charge on any atom is -0.311 e. The van der Waals surface area contributed by atoms with Crippen LogP contribution in [0.5, 0.6) is 0 Å². The van der Waals surface area contributed by atoms with Crippen molar-refractivity contribution in [1.29, 1.82) is 0 Å². The van der Waals surface area contributed by atoms with Crippen molar-refractivity contribution < 1.29 is 4.79 Å². The lowest BCUT2D eigenvalue weighted by molar-refractivity contribution is -0.121. The molecule has 10 heavy (non-hydrogen) atoms. The molecule has 0 heterocycles. The van der Waals surface area contributed by atoms with E-state index in [0.29, 0.717) is 6.54 Å². The van der Waals surface area contributed by atoms with Crippen molar-refractivity contribution in [2.75, 3.05) is 13.6 Å². The predicted molar refractivity (Wildman–Crippen MR) is 40.3 cm³/mol. The Bertz CT molecular complexity index is 103. The third kappa shape index (κ3) is 5.53. The number of carbonyl (C=O) groups excluding carboxylic acids is 1. The largest absolute Gasteiger partial charge is 0.311 e. The molecule has 0 saturated heterocycles. The number of likely N-dealkylation sites (N-methyl/N-ethyl adjacent to an activating group) is 1. The van der Waals surface area contributed by atoms with E-state index in [2.05, 4.69) is 16.2 Å². The lowest BCUT2D eigenvalue weighted by Crippen LogP contribution is -2.44. The summed E-state index contributed by atoms with van der Waals surface area (Å²) in [4.78, 5) is 10.7. The highest BCUT2D eigenvalue weighted by Crippen LogP contribution is 1.69. The van der Waals surface area contributed by atoms with Gasteiger partial charge in [-0.05, 0) is 20.9 Å². The van der Waals surface area contributed by atoms with E-state index >= 15 is 0 Å². The van der Waals surface area contributed by atoms with Gasteiger partial charge in [0.1, 0.15) is 0 Å². The van der Waals surface area contributed by atoms with Crippen molar-refractivity contribution in [1.82, 2.24) is 16.2 Å². The van der Waals surface area contributed by atoms with Gasteiger partial charge in [0.25, 0.3) is 0 Å². The molecule has 0 bridgehead atoms. The Morgan fingerprint density at radius 1 is 1.50 bits per heavy atom. The van der Waals surface area contributed by atoms with Crippen molar-refractivity contribution in [3.8, 4) is 0 Å². The van der Waals surface area contributed by atoms with Gasteiger partial charge >= 0.3 is 0 Å². The number of rotatable bonds is 4. The molecule has 4 nitrogen and oxygen atoms in total. The van der Waals surface area contributed by atoms with Gasteiger partial charge in [-0.1, -0.05) is 0 Å². The molecule has 0 aliphatic rings. The number of amides is 1. The first kappa shape index (κ1) is 9.39. The van der Waals surface area contributed by atoms with Crippen LogP contribution in [0.25, 0.3) is 0 Å². The summed E-state index contributed by atoms with van der Waals surface area (Å²) in [7, 11) is 1.73. The third-order valence-corrected chi connectivity index (χ3v) is 0.838. The summed E-state index contributed by atoms with van der Waals surface area (Å²) in [5.74, 6) is -0.0452. The molecule has 0 aromatic heterocycles. The van der Waals surface area contributed by atoms with Crippen molar-refractivity contribution in [3.05, 3.63) is 0 Å².